The SMILES string of the molecule is CN(CCNCc1cc(Br)cs1)Cc1cnn(C)c1. The summed E-state index contributed by atoms with van der Waals surface area (Å²) in [5.41, 5.74) is 1.26. The fourth-order valence-corrected chi connectivity index (χ4v) is 3.29. The lowest BCUT2D eigenvalue weighted by atomic mass is 10.3. The molecule has 2 rings (SSSR count). The average Bonchev–Trinajstić information content (AvgIpc) is 2.94. The van der Waals surface area contributed by atoms with Crippen molar-refractivity contribution in [3.8, 4) is 0 Å². The Morgan fingerprint density at radius 3 is 3.00 bits per heavy atom. The van der Waals surface area contributed by atoms with Crippen LogP contribution in [0, 0.1) is 0 Å². The fourth-order valence-electron chi connectivity index (χ4n) is 1.87. The fraction of sp³-hybridized carbons (Fsp3) is 0.462. The molecule has 0 fully saturated rings. The van der Waals surface area contributed by atoms with Gasteiger partial charge >= 0.3 is 0 Å². The predicted octanol–water partition coefficient (Wildman–Crippen LogP) is 2.47. The number of likely N-dealkylation sites (N-methyl/N-ethyl adjacent to an activating group) is 1. The molecule has 0 aliphatic carbocycles. The Bertz CT molecular complexity index is 508. The number of thiophene rings is 1. The van der Waals surface area contributed by atoms with Crippen LogP contribution in [0.4, 0.5) is 0 Å². The van der Waals surface area contributed by atoms with Gasteiger partial charge in [-0.1, -0.05) is 0 Å². The first-order chi connectivity index (χ1) is 9.13. The van der Waals surface area contributed by atoms with Crippen LogP contribution in [-0.4, -0.2) is 34.8 Å². The van der Waals surface area contributed by atoms with E-state index in [0.717, 1.165) is 26.2 Å². The Kier molecular flexibility index (Phi) is 5.57. The highest BCUT2D eigenvalue weighted by molar-refractivity contribution is 9.10. The van der Waals surface area contributed by atoms with Crippen molar-refractivity contribution in [2.75, 3.05) is 20.1 Å². The first-order valence-electron chi connectivity index (χ1n) is 6.23. The van der Waals surface area contributed by atoms with Crippen molar-refractivity contribution >= 4 is 27.3 Å². The van der Waals surface area contributed by atoms with Crippen molar-refractivity contribution < 1.29 is 0 Å². The van der Waals surface area contributed by atoms with Crippen molar-refractivity contribution in [2.24, 2.45) is 7.05 Å². The molecule has 19 heavy (non-hydrogen) atoms. The highest BCUT2D eigenvalue weighted by atomic mass is 79.9. The van der Waals surface area contributed by atoms with Gasteiger partial charge in [-0.05, 0) is 29.0 Å². The molecule has 0 aromatic carbocycles. The monoisotopic (exact) mass is 342 g/mol. The van der Waals surface area contributed by atoms with Crippen LogP contribution in [0.25, 0.3) is 0 Å². The average molecular weight is 343 g/mol. The maximum atomic E-state index is 4.18. The molecule has 0 radical (unpaired) electrons. The van der Waals surface area contributed by atoms with Gasteiger partial charge in [0.15, 0.2) is 0 Å². The van der Waals surface area contributed by atoms with E-state index in [1.165, 1.54) is 14.9 Å². The third-order valence-electron chi connectivity index (χ3n) is 2.80. The first kappa shape index (κ1) is 14.7. The quantitative estimate of drug-likeness (QED) is 0.784. The van der Waals surface area contributed by atoms with Crippen LogP contribution in [0.2, 0.25) is 0 Å². The number of hydrogen-bond acceptors (Lipinski definition) is 4. The van der Waals surface area contributed by atoms with E-state index in [1.807, 2.05) is 17.9 Å². The summed E-state index contributed by atoms with van der Waals surface area (Å²) in [6, 6.07) is 2.16. The summed E-state index contributed by atoms with van der Waals surface area (Å²) in [6.07, 6.45) is 3.99. The minimum atomic E-state index is 0.941. The maximum absolute atomic E-state index is 4.18. The van der Waals surface area contributed by atoms with E-state index in [9.17, 15) is 0 Å². The maximum Gasteiger partial charge on any atom is 0.0534 e. The van der Waals surface area contributed by atoms with Crippen LogP contribution in [0.5, 0.6) is 0 Å². The number of rotatable bonds is 7. The van der Waals surface area contributed by atoms with Gasteiger partial charge in [0, 0.05) is 59.7 Å². The van der Waals surface area contributed by atoms with E-state index < -0.39 is 0 Å². The zero-order valence-electron chi connectivity index (χ0n) is 11.3. The largest absolute Gasteiger partial charge is 0.311 e. The number of aromatic nitrogens is 2. The van der Waals surface area contributed by atoms with Gasteiger partial charge in [0.05, 0.1) is 6.20 Å². The van der Waals surface area contributed by atoms with Crippen molar-refractivity contribution in [1.29, 1.82) is 0 Å². The van der Waals surface area contributed by atoms with E-state index in [2.05, 4.69) is 55.9 Å². The highest BCUT2D eigenvalue weighted by Gasteiger charge is 2.02. The number of aryl methyl sites for hydroxylation is 1. The van der Waals surface area contributed by atoms with Crippen LogP contribution in [0.1, 0.15) is 10.4 Å². The van der Waals surface area contributed by atoms with Crippen molar-refractivity contribution in [1.82, 2.24) is 20.0 Å². The second-order valence-corrected chi connectivity index (χ2v) is 6.58. The van der Waals surface area contributed by atoms with Gasteiger partial charge in [0.2, 0.25) is 0 Å². The Hall–Kier alpha value is -0.690. The molecule has 0 spiro atoms. The molecule has 1 N–H and O–H groups in total. The molecule has 6 heteroatoms. The molecule has 0 saturated carbocycles. The summed E-state index contributed by atoms with van der Waals surface area (Å²) >= 11 is 5.25. The Balaban J connectivity index is 1.62. The van der Waals surface area contributed by atoms with Gasteiger partial charge < -0.3 is 10.2 Å². The molecule has 2 heterocycles. The van der Waals surface area contributed by atoms with E-state index in [1.54, 1.807) is 11.3 Å². The molecule has 2 aromatic rings. The highest BCUT2D eigenvalue weighted by Crippen LogP contribution is 2.19. The van der Waals surface area contributed by atoms with Crippen LogP contribution >= 0.6 is 27.3 Å². The molecule has 0 bridgehead atoms. The zero-order chi connectivity index (χ0) is 13.7. The summed E-state index contributed by atoms with van der Waals surface area (Å²) in [6.45, 7) is 3.91. The van der Waals surface area contributed by atoms with Crippen molar-refractivity contribution in [3.63, 3.8) is 0 Å². The summed E-state index contributed by atoms with van der Waals surface area (Å²) in [7, 11) is 4.08. The van der Waals surface area contributed by atoms with Gasteiger partial charge in [0.1, 0.15) is 0 Å². The second kappa shape index (κ2) is 7.19. The van der Waals surface area contributed by atoms with E-state index in [4.69, 9.17) is 0 Å². The number of hydrogen-bond donors (Lipinski definition) is 1. The molecular weight excluding hydrogens is 324 g/mol. The van der Waals surface area contributed by atoms with Crippen molar-refractivity contribution in [3.05, 3.63) is 38.8 Å². The van der Waals surface area contributed by atoms with Crippen LogP contribution in [0.15, 0.2) is 28.3 Å². The lowest BCUT2D eigenvalue weighted by molar-refractivity contribution is 0.324. The Labute approximate surface area is 126 Å². The standard InChI is InChI=1S/C13H19BrN4S/c1-17(8-11-6-16-18(2)9-11)4-3-15-7-13-5-12(14)10-19-13/h5-6,9-10,15H,3-4,7-8H2,1-2H3. The number of nitrogens with zero attached hydrogens (tertiary/aromatic N) is 3. The Morgan fingerprint density at radius 2 is 2.37 bits per heavy atom. The van der Waals surface area contributed by atoms with Gasteiger partial charge in [-0.2, -0.15) is 5.10 Å². The minimum Gasteiger partial charge on any atom is -0.311 e. The molecular formula is C13H19BrN4S. The van der Waals surface area contributed by atoms with Crippen LogP contribution in [-0.2, 0) is 20.1 Å². The van der Waals surface area contributed by atoms with Crippen molar-refractivity contribution in [2.45, 2.75) is 13.1 Å². The normalized spacial score (nSPS) is 11.4. The molecule has 4 nitrogen and oxygen atoms in total. The molecule has 0 amide bonds. The van der Waals surface area contributed by atoms with Crippen LogP contribution in [0.3, 0.4) is 0 Å². The van der Waals surface area contributed by atoms with E-state index in [0.29, 0.717) is 0 Å². The molecule has 0 atom stereocenters. The predicted molar refractivity (Wildman–Crippen MR) is 83.3 cm³/mol. The van der Waals surface area contributed by atoms with E-state index in [-0.39, 0.29) is 0 Å². The first-order valence-corrected chi connectivity index (χ1v) is 7.90. The molecule has 2 aromatic heterocycles. The molecule has 0 aliphatic heterocycles. The third kappa shape index (κ3) is 5.06. The van der Waals surface area contributed by atoms with E-state index >= 15 is 0 Å². The molecule has 0 saturated heterocycles. The number of halogens is 1. The smallest absolute Gasteiger partial charge is 0.0534 e. The third-order valence-corrected chi connectivity index (χ3v) is 4.50. The Morgan fingerprint density at radius 1 is 1.53 bits per heavy atom. The molecule has 0 aliphatic rings. The summed E-state index contributed by atoms with van der Waals surface area (Å²) in [5, 5.41) is 9.76. The summed E-state index contributed by atoms with van der Waals surface area (Å²) < 4.78 is 3.01. The summed E-state index contributed by atoms with van der Waals surface area (Å²) in [4.78, 5) is 3.66. The minimum absolute atomic E-state index is 0.941. The molecule has 0 unspecified atom stereocenters. The van der Waals surface area contributed by atoms with Crippen LogP contribution < -0.4 is 5.32 Å². The second-order valence-electron chi connectivity index (χ2n) is 4.67. The summed E-state index contributed by atoms with van der Waals surface area (Å²) in [5.74, 6) is 0. The lowest BCUT2D eigenvalue weighted by Crippen LogP contribution is -2.28. The topological polar surface area (TPSA) is 33.1 Å². The van der Waals surface area contributed by atoms with Gasteiger partial charge in [-0.15, -0.1) is 11.3 Å². The lowest BCUT2D eigenvalue weighted by Gasteiger charge is -2.15. The molecule has 104 valence electrons. The zero-order valence-corrected chi connectivity index (χ0v) is 13.7. The van der Waals surface area contributed by atoms with Gasteiger partial charge in [0.25, 0.3) is 0 Å². The van der Waals surface area contributed by atoms with Gasteiger partial charge in [-0.25, -0.2) is 0 Å². The van der Waals surface area contributed by atoms with Gasteiger partial charge in [-0.3, -0.25) is 4.68 Å². The number of nitrogens with one attached hydrogen (secondary N) is 1.